The van der Waals surface area contributed by atoms with Crippen molar-refractivity contribution in [3.63, 3.8) is 0 Å². The lowest BCUT2D eigenvalue weighted by Gasteiger charge is -2.47. The number of anilines is 1. The quantitative estimate of drug-likeness (QED) is 0.353. The van der Waals surface area contributed by atoms with Gasteiger partial charge in [0.1, 0.15) is 11.3 Å². The molecular formula is C37H41N3O5. The van der Waals surface area contributed by atoms with Gasteiger partial charge < -0.3 is 15.0 Å². The van der Waals surface area contributed by atoms with Crippen molar-refractivity contribution in [2.24, 2.45) is 16.7 Å². The summed E-state index contributed by atoms with van der Waals surface area (Å²) in [5, 5.41) is 2.96. The molecule has 1 saturated heterocycles. The first kappa shape index (κ1) is 29.7. The molecule has 3 aliphatic heterocycles. The molecular weight excluding hydrogens is 566 g/mol. The molecule has 234 valence electrons. The van der Waals surface area contributed by atoms with E-state index in [0.717, 1.165) is 52.2 Å². The zero-order valence-corrected chi connectivity index (χ0v) is 27.0. The monoisotopic (exact) mass is 607 g/mol. The van der Waals surface area contributed by atoms with Crippen molar-refractivity contribution in [3.8, 4) is 5.75 Å². The van der Waals surface area contributed by atoms with E-state index >= 15 is 0 Å². The maximum atomic E-state index is 13.8. The molecule has 0 bridgehead atoms. The van der Waals surface area contributed by atoms with Gasteiger partial charge in [-0.05, 0) is 60.9 Å². The lowest BCUT2D eigenvalue weighted by molar-refractivity contribution is -0.146. The molecule has 5 aliphatic rings. The normalized spacial score (nSPS) is 27.5. The number of esters is 1. The molecule has 45 heavy (non-hydrogen) atoms. The Morgan fingerprint density at radius 3 is 2.00 bits per heavy atom. The Bertz CT molecular complexity index is 1680. The number of hydrogen-bond donors (Lipinski definition) is 1. The Hall–Kier alpha value is -4.04. The van der Waals surface area contributed by atoms with Gasteiger partial charge in [0.15, 0.2) is 11.6 Å². The number of nitrogens with one attached hydrogen (secondary N) is 1. The first-order valence-corrected chi connectivity index (χ1v) is 15.9. The fourth-order valence-corrected chi connectivity index (χ4v) is 8.67. The molecule has 7 rings (SSSR count). The molecule has 1 spiro atoms. The van der Waals surface area contributed by atoms with Gasteiger partial charge in [-0.3, -0.25) is 24.1 Å². The summed E-state index contributed by atoms with van der Waals surface area (Å²) < 4.78 is 5.95. The van der Waals surface area contributed by atoms with Crippen LogP contribution in [-0.2, 0) is 24.7 Å². The van der Waals surface area contributed by atoms with Crippen LogP contribution < -0.4 is 10.1 Å². The summed E-state index contributed by atoms with van der Waals surface area (Å²) in [7, 11) is 3.88. The van der Waals surface area contributed by atoms with Crippen LogP contribution in [0, 0.1) is 16.7 Å². The molecule has 1 amide bonds. The molecule has 8 heteroatoms. The minimum absolute atomic E-state index is 0.0866. The predicted molar refractivity (Wildman–Crippen MR) is 170 cm³/mol. The first-order chi connectivity index (χ1) is 21.2. The van der Waals surface area contributed by atoms with Crippen molar-refractivity contribution in [3.05, 3.63) is 82.2 Å². The highest BCUT2D eigenvalue weighted by Gasteiger charge is 2.61. The molecule has 1 N–H and O–H groups in total. The number of allylic oxidation sites excluding steroid dienone is 4. The Morgan fingerprint density at radius 1 is 0.822 bits per heavy atom. The number of amides is 1. The van der Waals surface area contributed by atoms with E-state index in [2.05, 4.69) is 37.9 Å². The largest absolute Gasteiger partial charge is 0.426 e. The second-order valence-electron chi connectivity index (χ2n) is 15.1. The molecule has 2 aromatic carbocycles. The molecule has 0 saturated carbocycles. The molecule has 2 aromatic rings. The van der Waals surface area contributed by atoms with Gasteiger partial charge in [-0.25, -0.2) is 0 Å². The van der Waals surface area contributed by atoms with Crippen LogP contribution >= 0.6 is 0 Å². The molecule has 2 aliphatic carbocycles. The van der Waals surface area contributed by atoms with E-state index < -0.39 is 23.3 Å². The van der Waals surface area contributed by atoms with E-state index in [4.69, 9.17) is 4.74 Å². The summed E-state index contributed by atoms with van der Waals surface area (Å²) in [6.45, 7) is 9.09. The van der Waals surface area contributed by atoms with Crippen LogP contribution in [0.4, 0.5) is 5.69 Å². The Balaban J connectivity index is 1.22. The molecule has 8 nitrogen and oxygen atoms in total. The average Bonchev–Trinajstić information content (AvgIpc) is 3.46. The molecule has 1 fully saturated rings. The number of ether oxygens (including phenoxy) is 1. The number of likely N-dealkylation sites (tertiary alicyclic amines) is 1. The zero-order chi connectivity index (χ0) is 32.1. The first-order valence-electron chi connectivity index (χ1n) is 15.9. The van der Waals surface area contributed by atoms with Crippen LogP contribution in [-0.4, -0.2) is 53.9 Å². The summed E-state index contributed by atoms with van der Waals surface area (Å²) in [5.41, 5.74) is 4.36. The van der Waals surface area contributed by atoms with E-state index in [0.29, 0.717) is 31.6 Å². The van der Waals surface area contributed by atoms with Crippen molar-refractivity contribution in [2.45, 2.75) is 71.3 Å². The highest BCUT2D eigenvalue weighted by atomic mass is 16.5. The van der Waals surface area contributed by atoms with Gasteiger partial charge in [0, 0.05) is 66.1 Å². The van der Waals surface area contributed by atoms with Gasteiger partial charge in [-0.2, -0.15) is 0 Å². The van der Waals surface area contributed by atoms with Crippen LogP contribution in [0.2, 0.25) is 0 Å². The summed E-state index contributed by atoms with van der Waals surface area (Å²) >= 11 is 0. The third kappa shape index (κ3) is 4.43. The summed E-state index contributed by atoms with van der Waals surface area (Å²) in [6, 6.07) is 14.8. The molecule has 0 aromatic heterocycles. The highest BCUT2D eigenvalue weighted by molar-refractivity contribution is 6.09. The van der Waals surface area contributed by atoms with Gasteiger partial charge in [0.05, 0.1) is 5.92 Å². The second kappa shape index (κ2) is 9.98. The highest BCUT2D eigenvalue weighted by Crippen LogP contribution is 2.54. The smallest absolute Gasteiger partial charge is 0.317 e. The van der Waals surface area contributed by atoms with Crippen LogP contribution in [0.25, 0.3) is 0 Å². The fraction of sp³-hybridized carbons (Fsp3) is 0.459. The minimum Gasteiger partial charge on any atom is -0.426 e. The number of likely N-dealkylation sites (N-methyl/N-ethyl adjacent to an activating group) is 1. The van der Waals surface area contributed by atoms with Crippen molar-refractivity contribution in [1.82, 2.24) is 9.80 Å². The Morgan fingerprint density at radius 2 is 1.40 bits per heavy atom. The van der Waals surface area contributed by atoms with Crippen molar-refractivity contribution >= 4 is 29.1 Å². The SMILES string of the molecule is CN1C2=C(C(=O)CC(C)(C)C2)C(c2ccc(OC(=O)C3CCN(C)C34C(=O)Nc3ccccc34)cc2)C2=C1CC(C)(C)CC2=O. The van der Waals surface area contributed by atoms with Crippen LogP contribution in [0.5, 0.6) is 5.75 Å². The molecule has 2 unspecified atom stereocenters. The molecule has 0 radical (unpaired) electrons. The molecule has 3 heterocycles. The number of nitrogens with zero attached hydrogens (tertiary/aromatic N) is 2. The second-order valence-corrected chi connectivity index (χ2v) is 15.1. The fourth-order valence-electron chi connectivity index (χ4n) is 8.67. The third-order valence-corrected chi connectivity index (χ3v) is 10.7. The Kier molecular flexibility index (Phi) is 6.58. The molecule has 2 atom stereocenters. The number of ketones is 2. The summed E-state index contributed by atoms with van der Waals surface area (Å²) in [5.74, 6) is -1.25. The number of Topliss-reactive ketones (excluding diaryl/α,β-unsaturated/α-hetero) is 2. The lowest BCUT2D eigenvalue weighted by Crippen LogP contribution is -2.51. The van der Waals surface area contributed by atoms with Crippen molar-refractivity contribution in [2.75, 3.05) is 26.0 Å². The van der Waals surface area contributed by atoms with Gasteiger partial charge in [-0.15, -0.1) is 0 Å². The predicted octanol–water partition coefficient (Wildman–Crippen LogP) is 5.71. The number of fused-ring (bicyclic) bond motifs is 2. The lowest BCUT2D eigenvalue weighted by atomic mass is 9.64. The number of benzene rings is 2. The van der Waals surface area contributed by atoms with Crippen LogP contribution in [0.15, 0.2) is 71.1 Å². The number of para-hydroxylation sites is 1. The van der Waals surface area contributed by atoms with E-state index in [1.807, 2.05) is 55.4 Å². The number of carbonyl (C=O) groups excluding carboxylic acids is 4. The van der Waals surface area contributed by atoms with Crippen molar-refractivity contribution < 1.29 is 23.9 Å². The number of rotatable bonds is 3. The maximum Gasteiger partial charge on any atom is 0.317 e. The van der Waals surface area contributed by atoms with Gasteiger partial charge in [0.25, 0.3) is 5.91 Å². The maximum absolute atomic E-state index is 13.8. The van der Waals surface area contributed by atoms with Gasteiger partial charge in [0.2, 0.25) is 0 Å². The van der Waals surface area contributed by atoms with E-state index in [1.54, 1.807) is 12.1 Å². The third-order valence-electron chi connectivity index (χ3n) is 10.7. The topological polar surface area (TPSA) is 96.0 Å². The minimum atomic E-state index is -1.11. The van der Waals surface area contributed by atoms with E-state index in [1.165, 1.54) is 0 Å². The zero-order valence-electron chi connectivity index (χ0n) is 27.0. The standard InChI is InChI=1S/C37H41N3O5/c1-35(2)17-26-31(28(41)19-35)30(32-27(40(26)6)18-36(3,4)20-29(32)42)21-11-13-22(14-12-21)45-33(43)24-15-16-39(5)37(24)23-9-7-8-10-25(23)38-34(37)44/h7-14,24,30H,15-20H2,1-6H3,(H,38,44). The van der Waals surface area contributed by atoms with E-state index in [-0.39, 0.29) is 28.3 Å². The summed E-state index contributed by atoms with van der Waals surface area (Å²) in [4.78, 5) is 58.8. The number of hydrogen-bond acceptors (Lipinski definition) is 7. The Labute approximate surface area is 264 Å². The average molecular weight is 608 g/mol. The van der Waals surface area contributed by atoms with Crippen LogP contribution in [0.1, 0.15) is 76.8 Å². The number of carbonyl (C=O) groups is 4. The summed E-state index contributed by atoms with van der Waals surface area (Å²) in [6.07, 6.45) is 2.88. The van der Waals surface area contributed by atoms with Gasteiger partial charge in [-0.1, -0.05) is 58.0 Å². The van der Waals surface area contributed by atoms with Crippen LogP contribution in [0.3, 0.4) is 0 Å². The van der Waals surface area contributed by atoms with Gasteiger partial charge >= 0.3 is 5.97 Å². The van der Waals surface area contributed by atoms with E-state index in [9.17, 15) is 19.2 Å². The van der Waals surface area contributed by atoms with Crippen molar-refractivity contribution in [1.29, 1.82) is 0 Å².